The molecule has 2 saturated heterocycles. The molecule has 0 aliphatic carbocycles. The van der Waals surface area contributed by atoms with Gasteiger partial charge in [-0.1, -0.05) is 59.6 Å². The highest BCUT2D eigenvalue weighted by Crippen LogP contribution is 2.64. The van der Waals surface area contributed by atoms with Crippen molar-refractivity contribution >= 4 is 23.2 Å². The molecule has 9 heteroatoms. The number of hydrogen-bond acceptors (Lipinski definition) is 6. The summed E-state index contributed by atoms with van der Waals surface area (Å²) in [6, 6.07) is 18.9. The minimum absolute atomic E-state index is 0.147. The van der Waals surface area contributed by atoms with E-state index >= 15 is 0 Å². The van der Waals surface area contributed by atoms with Gasteiger partial charge in [0.25, 0.3) is 0 Å². The average molecular weight is 512 g/mol. The highest BCUT2D eigenvalue weighted by Gasteiger charge is 2.76. The van der Waals surface area contributed by atoms with Crippen LogP contribution in [0.1, 0.15) is 41.3 Å². The van der Waals surface area contributed by atoms with Crippen LogP contribution in [0.2, 0.25) is 10.0 Å². The smallest absolute Gasteiger partial charge is 0.303 e. The lowest BCUT2D eigenvalue weighted by Crippen LogP contribution is -2.56. The fourth-order valence-electron chi connectivity index (χ4n) is 6.12. The van der Waals surface area contributed by atoms with Crippen molar-refractivity contribution in [2.45, 2.75) is 30.1 Å². The van der Waals surface area contributed by atoms with E-state index in [1.54, 1.807) is 19.2 Å². The maximum atomic E-state index is 13.5. The Morgan fingerprint density at radius 1 is 1.00 bits per heavy atom. The predicted octanol–water partition coefficient (Wildman–Crippen LogP) is 5.87. The third-order valence-corrected chi connectivity index (χ3v) is 7.99. The third-order valence-electron chi connectivity index (χ3n) is 7.43. The average Bonchev–Trinajstić information content (AvgIpc) is 3.43. The fourth-order valence-corrected chi connectivity index (χ4v) is 6.63. The summed E-state index contributed by atoms with van der Waals surface area (Å²) < 4.78 is 12.1. The van der Waals surface area contributed by atoms with Crippen LogP contribution in [0.15, 0.2) is 66.7 Å². The van der Waals surface area contributed by atoms with Gasteiger partial charge >= 0.3 is 5.54 Å². The Morgan fingerprint density at radius 3 is 2.37 bits per heavy atom. The molecule has 0 bridgehead atoms. The van der Waals surface area contributed by atoms with Crippen LogP contribution in [-0.4, -0.2) is 40.7 Å². The lowest BCUT2D eigenvalue weighted by molar-refractivity contribution is -0.594. The lowest BCUT2D eigenvalue weighted by Gasteiger charge is -2.43. The van der Waals surface area contributed by atoms with E-state index in [0.717, 1.165) is 17.5 Å². The number of nitro groups is 1. The molecule has 3 aliphatic rings. The lowest BCUT2D eigenvalue weighted by atomic mass is 9.70. The zero-order valence-corrected chi connectivity index (χ0v) is 20.4. The van der Waals surface area contributed by atoms with Crippen molar-refractivity contribution in [1.29, 1.82) is 0 Å². The van der Waals surface area contributed by atoms with Crippen LogP contribution in [0.4, 0.5) is 0 Å². The number of nitrogens with zero attached hydrogens (tertiary/aromatic N) is 3. The Kier molecular flexibility index (Phi) is 5.41. The summed E-state index contributed by atoms with van der Waals surface area (Å²) in [5.41, 5.74) is 0.567. The number of halogens is 2. The van der Waals surface area contributed by atoms with E-state index in [9.17, 15) is 10.1 Å². The van der Waals surface area contributed by atoms with Gasteiger partial charge in [0.15, 0.2) is 6.10 Å². The van der Waals surface area contributed by atoms with E-state index in [1.807, 2.05) is 54.6 Å². The molecule has 0 radical (unpaired) electrons. The van der Waals surface area contributed by atoms with E-state index in [2.05, 4.69) is 10.0 Å². The van der Waals surface area contributed by atoms with E-state index in [0.29, 0.717) is 40.2 Å². The zero-order valence-electron chi connectivity index (χ0n) is 18.9. The Labute approximate surface area is 212 Å². The molecule has 4 atom stereocenters. The van der Waals surface area contributed by atoms with Gasteiger partial charge in [-0.3, -0.25) is 10.1 Å². The van der Waals surface area contributed by atoms with Crippen LogP contribution in [-0.2, 0) is 0 Å². The molecule has 0 N–H and O–H groups in total. The highest BCUT2D eigenvalue weighted by molar-refractivity contribution is 6.35. The molecule has 3 aromatic carbocycles. The second-order valence-electron chi connectivity index (χ2n) is 9.11. The minimum atomic E-state index is -1.58. The monoisotopic (exact) mass is 511 g/mol. The number of hydrogen-bond donors (Lipinski definition) is 0. The molecule has 3 heterocycles. The Morgan fingerprint density at radius 2 is 1.71 bits per heavy atom. The van der Waals surface area contributed by atoms with E-state index in [4.69, 9.17) is 32.7 Å². The van der Waals surface area contributed by atoms with Gasteiger partial charge in [0.05, 0.1) is 7.11 Å². The summed E-state index contributed by atoms with van der Waals surface area (Å²) in [5.74, 6) is 1.25. The molecule has 6 rings (SSSR count). The Balaban J connectivity index is 1.68. The van der Waals surface area contributed by atoms with E-state index in [-0.39, 0.29) is 4.92 Å². The van der Waals surface area contributed by atoms with Crippen LogP contribution in [0.3, 0.4) is 0 Å². The maximum Gasteiger partial charge on any atom is 0.303 e. The normalized spacial score (nSPS) is 27.6. The molecule has 180 valence electrons. The molecule has 3 aliphatic heterocycles. The summed E-state index contributed by atoms with van der Waals surface area (Å²) in [4.78, 5) is 13.3. The third kappa shape index (κ3) is 3.19. The standard InChI is InChI=1S/C26H23Cl2N3O4/c1-34-18-9-11-22-20(15-18)24-26(31(32)33,25(35-22)16-6-3-2-4-7-16)23(29-12-5-13-30(24)29)19-10-8-17(27)14-21(19)28/h2-4,6-11,14-15,23-25H,5,12-13H2,1H3/t23-,24-,25+,26+/m0/s1. The molecule has 0 amide bonds. The first-order valence-electron chi connectivity index (χ1n) is 11.5. The summed E-state index contributed by atoms with van der Waals surface area (Å²) in [6.07, 6.45) is 0.0364. The summed E-state index contributed by atoms with van der Waals surface area (Å²) >= 11 is 12.9. The van der Waals surface area contributed by atoms with E-state index in [1.165, 1.54) is 0 Å². The predicted molar refractivity (Wildman–Crippen MR) is 133 cm³/mol. The zero-order chi connectivity index (χ0) is 24.3. The topological polar surface area (TPSA) is 68.1 Å². The van der Waals surface area contributed by atoms with Crippen molar-refractivity contribution in [3.63, 3.8) is 0 Å². The Bertz CT molecular complexity index is 1310. The summed E-state index contributed by atoms with van der Waals surface area (Å²) in [7, 11) is 1.59. The molecule has 0 unspecified atom stereocenters. The SMILES string of the molecule is COc1ccc2c(c1)[C@@H]1N3CCCN3[C@@H](c3ccc(Cl)cc3Cl)[C@]1([N+](=O)[O-])[C@@H](c1ccccc1)O2. The molecule has 35 heavy (non-hydrogen) atoms. The van der Waals surface area contributed by atoms with Crippen LogP contribution in [0.5, 0.6) is 11.5 Å². The van der Waals surface area contributed by atoms with Crippen LogP contribution in [0, 0.1) is 10.1 Å². The molecule has 2 fully saturated rings. The van der Waals surface area contributed by atoms with Crippen molar-refractivity contribution in [2.24, 2.45) is 0 Å². The number of rotatable bonds is 4. The van der Waals surface area contributed by atoms with Crippen molar-refractivity contribution in [1.82, 2.24) is 10.0 Å². The van der Waals surface area contributed by atoms with Gasteiger partial charge in [-0.15, -0.1) is 0 Å². The molecule has 0 saturated carbocycles. The molecule has 0 aromatic heterocycles. The van der Waals surface area contributed by atoms with Gasteiger partial charge < -0.3 is 9.47 Å². The number of ether oxygens (including phenoxy) is 2. The fraction of sp³-hybridized carbons (Fsp3) is 0.308. The number of methoxy groups -OCH3 is 1. The van der Waals surface area contributed by atoms with Gasteiger partial charge in [-0.25, -0.2) is 10.0 Å². The minimum Gasteiger partial charge on any atom is -0.497 e. The van der Waals surface area contributed by atoms with Crippen molar-refractivity contribution in [3.8, 4) is 11.5 Å². The van der Waals surface area contributed by atoms with Crippen LogP contribution in [0.25, 0.3) is 0 Å². The number of hydrazine groups is 1. The van der Waals surface area contributed by atoms with Gasteiger partial charge in [0.2, 0.25) is 0 Å². The first-order chi connectivity index (χ1) is 17.0. The second kappa shape index (κ2) is 8.38. The summed E-state index contributed by atoms with van der Waals surface area (Å²) in [5, 5.41) is 18.6. The first-order valence-corrected chi connectivity index (χ1v) is 12.2. The highest BCUT2D eigenvalue weighted by atomic mass is 35.5. The number of fused-ring (bicyclic) bond motifs is 5. The van der Waals surface area contributed by atoms with Crippen molar-refractivity contribution in [3.05, 3.63) is 104 Å². The molecule has 0 spiro atoms. The maximum absolute atomic E-state index is 13.5. The molecular formula is C26H23Cl2N3O4. The van der Waals surface area contributed by atoms with Crippen LogP contribution < -0.4 is 9.47 Å². The molecule has 7 nitrogen and oxygen atoms in total. The second-order valence-corrected chi connectivity index (χ2v) is 9.95. The van der Waals surface area contributed by atoms with Gasteiger partial charge in [0.1, 0.15) is 23.6 Å². The van der Waals surface area contributed by atoms with Gasteiger partial charge in [-0.2, -0.15) is 0 Å². The van der Waals surface area contributed by atoms with Crippen molar-refractivity contribution in [2.75, 3.05) is 20.2 Å². The van der Waals surface area contributed by atoms with Gasteiger partial charge in [0, 0.05) is 33.6 Å². The van der Waals surface area contributed by atoms with Crippen molar-refractivity contribution < 1.29 is 14.4 Å². The first kappa shape index (κ1) is 22.6. The molecular weight excluding hydrogens is 489 g/mol. The van der Waals surface area contributed by atoms with E-state index < -0.39 is 23.7 Å². The van der Waals surface area contributed by atoms with Gasteiger partial charge in [-0.05, 0) is 47.9 Å². The largest absolute Gasteiger partial charge is 0.497 e. The van der Waals surface area contributed by atoms with Crippen LogP contribution >= 0.6 is 23.2 Å². The quantitative estimate of drug-likeness (QED) is 0.322. The number of benzene rings is 3. The summed E-state index contributed by atoms with van der Waals surface area (Å²) in [6.45, 7) is 1.37. The Hall–Kier alpha value is -2.84. The molecule has 3 aromatic rings.